The summed E-state index contributed by atoms with van der Waals surface area (Å²) < 4.78 is 7.78. The van der Waals surface area contributed by atoms with Gasteiger partial charge in [0, 0.05) is 35.9 Å². The van der Waals surface area contributed by atoms with Gasteiger partial charge in [-0.15, -0.1) is 0 Å². The molecule has 4 aromatic rings. The second-order valence-electron chi connectivity index (χ2n) is 9.56. The van der Waals surface area contributed by atoms with Crippen LogP contribution in [-0.2, 0) is 4.79 Å². The third-order valence-electron chi connectivity index (χ3n) is 6.92. The number of nitrogens with zero attached hydrogens (tertiary/aromatic N) is 3. The van der Waals surface area contributed by atoms with Crippen molar-refractivity contribution in [3.63, 3.8) is 0 Å². The molecule has 8 heteroatoms. The molecular weight excluding hydrogens is 494 g/mol. The van der Waals surface area contributed by atoms with E-state index < -0.39 is 0 Å². The van der Waals surface area contributed by atoms with Gasteiger partial charge in [0.15, 0.2) is 5.11 Å². The van der Waals surface area contributed by atoms with Crippen LogP contribution in [0.25, 0.3) is 5.69 Å². The maximum Gasteiger partial charge on any atom is 0.221 e. The molecule has 7 nitrogen and oxygen atoms in total. The monoisotopic (exact) mass is 525 g/mol. The smallest absolute Gasteiger partial charge is 0.221 e. The van der Waals surface area contributed by atoms with Gasteiger partial charge in [-0.05, 0) is 92.6 Å². The van der Waals surface area contributed by atoms with Gasteiger partial charge in [-0.25, -0.2) is 0 Å². The van der Waals surface area contributed by atoms with Crippen molar-refractivity contribution in [1.29, 1.82) is 0 Å². The number of rotatable bonds is 6. The molecule has 1 saturated heterocycles. The average molecular weight is 526 g/mol. The Morgan fingerprint density at radius 3 is 2.53 bits per heavy atom. The fraction of sp³-hybridized carbons (Fsp3) is 0.233. The number of methoxy groups -OCH3 is 1. The summed E-state index contributed by atoms with van der Waals surface area (Å²) in [7, 11) is 1.59. The van der Waals surface area contributed by atoms with E-state index in [1.54, 1.807) is 13.3 Å². The summed E-state index contributed by atoms with van der Waals surface area (Å²) in [5, 5.41) is 7.00. The lowest BCUT2D eigenvalue weighted by atomic mass is 9.96. The van der Waals surface area contributed by atoms with Crippen LogP contribution in [0.3, 0.4) is 0 Å². The van der Waals surface area contributed by atoms with Gasteiger partial charge in [0.1, 0.15) is 5.75 Å². The number of carbonyl (C=O) groups is 1. The van der Waals surface area contributed by atoms with E-state index in [1.807, 2.05) is 36.4 Å². The van der Waals surface area contributed by atoms with E-state index in [4.69, 9.17) is 17.0 Å². The Hall–Kier alpha value is -4.17. The number of benzene rings is 2. The van der Waals surface area contributed by atoms with E-state index >= 15 is 0 Å². The lowest BCUT2D eigenvalue weighted by Crippen LogP contribution is -2.29. The zero-order chi connectivity index (χ0) is 27.0. The minimum Gasteiger partial charge on any atom is -0.495 e. The summed E-state index contributed by atoms with van der Waals surface area (Å²) >= 11 is 5.92. The van der Waals surface area contributed by atoms with Crippen molar-refractivity contribution in [2.24, 2.45) is 0 Å². The summed E-state index contributed by atoms with van der Waals surface area (Å²) in [5.74, 6) is 0.407. The Morgan fingerprint density at radius 1 is 1.03 bits per heavy atom. The molecular formula is C30H31N5O2S. The Labute approximate surface area is 228 Å². The molecule has 0 spiro atoms. The predicted molar refractivity (Wildman–Crippen MR) is 155 cm³/mol. The number of amides is 1. The molecule has 38 heavy (non-hydrogen) atoms. The Kier molecular flexibility index (Phi) is 6.91. The number of nitrogens with one attached hydrogen (secondary N) is 2. The average Bonchev–Trinajstić information content (AvgIpc) is 3.39. The maximum atomic E-state index is 11.9. The molecule has 2 unspecified atom stereocenters. The Bertz CT molecular complexity index is 1510. The zero-order valence-electron chi connectivity index (χ0n) is 22.1. The van der Waals surface area contributed by atoms with Crippen LogP contribution in [-0.4, -0.2) is 27.7 Å². The second-order valence-corrected chi connectivity index (χ2v) is 9.95. The zero-order valence-corrected chi connectivity index (χ0v) is 23.0. The number of hydrogen-bond donors (Lipinski definition) is 2. The molecule has 0 bridgehead atoms. The fourth-order valence-electron chi connectivity index (χ4n) is 5.33. The van der Waals surface area contributed by atoms with E-state index in [-0.39, 0.29) is 18.0 Å². The molecule has 0 aliphatic carbocycles. The first-order valence-electron chi connectivity index (χ1n) is 12.5. The van der Waals surface area contributed by atoms with Crippen molar-refractivity contribution in [3.05, 3.63) is 101 Å². The largest absolute Gasteiger partial charge is 0.495 e. The summed E-state index contributed by atoms with van der Waals surface area (Å²) in [6.07, 6.45) is 1.80. The van der Waals surface area contributed by atoms with Crippen LogP contribution in [0.5, 0.6) is 5.75 Å². The lowest BCUT2D eigenvalue weighted by Gasteiger charge is -2.29. The van der Waals surface area contributed by atoms with Gasteiger partial charge in [-0.2, -0.15) is 0 Å². The van der Waals surface area contributed by atoms with Crippen LogP contribution < -0.4 is 20.3 Å². The number of hydrogen-bond acceptors (Lipinski definition) is 4. The van der Waals surface area contributed by atoms with E-state index in [2.05, 4.69) is 76.2 Å². The number of ether oxygens (including phenoxy) is 1. The normalized spacial score (nSPS) is 16.9. The number of anilines is 2. The topological polar surface area (TPSA) is 71.4 Å². The lowest BCUT2D eigenvalue weighted by molar-refractivity contribution is -0.114. The fourth-order valence-corrected chi connectivity index (χ4v) is 5.68. The van der Waals surface area contributed by atoms with Crippen molar-refractivity contribution in [2.75, 3.05) is 17.3 Å². The highest BCUT2D eigenvalue weighted by Crippen LogP contribution is 2.45. The molecule has 2 N–H and O–H groups in total. The highest BCUT2D eigenvalue weighted by molar-refractivity contribution is 7.80. The van der Waals surface area contributed by atoms with Gasteiger partial charge in [0.05, 0.1) is 30.6 Å². The summed E-state index contributed by atoms with van der Waals surface area (Å²) in [4.78, 5) is 18.7. The van der Waals surface area contributed by atoms with Gasteiger partial charge in [0.25, 0.3) is 0 Å². The quantitative estimate of drug-likeness (QED) is 0.304. The number of aromatic nitrogens is 2. The third kappa shape index (κ3) is 4.63. The summed E-state index contributed by atoms with van der Waals surface area (Å²) in [6, 6.07) is 22.0. The van der Waals surface area contributed by atoms with Crippen molar-refractivity contribution >= 4 is 34.6 Å². The van der Waals surface area contributed by atoms with E-state index in [0.717, 1.165) is 34.0 Å². The summed E-state index contributed by atoms with van der Waals surface area (Å²) in [5.41, 5.74) is 8.07. The van der Waals surface area contributed by atoms with Gasteiger partial charge in [-0.1, -0.05) is 18.2 Å². The van der Waals surface area contributed by atoms with E-state index in [9.17, 15) is 4.79 Å². The van der Waals surface area contributed by atoms with Crippen molar-refractivity contribution in [2.45, 2.75) is 39.8 Å². The Balaban J connectivity index is 1.68. The molecule has 194 valence electrons. The maximum absolute atomic E-state index is 11.9. The molecule has 0 saturated carbocycles. The van der Waals surface area contributed by atoms with Gasteiger partial charge in [0.2, 0.25) is 5.91 Å². The molecule has 1 aliphatic rings. The van der Waals surface area contributed by atoms with Crippen molar-refractivity contribution in [1.82, 2.24) is 14.9 Å². The SMILES string of the molecule is COc1ccc(N2C(=S)NC(c3ccccn3)C2c2cc(C)n(-c3cccc(C)c3)c2C)cc1NC(C)=O. The molecule has 2 aromatic heterocycles. The summed E-state index contributed by atoms with van der Waals surface area (Å²) in [6.45, 7) is 7.86. The standard InChI is InChI=1S/C30H31N5O2S/c1-18-9-8-10-22(15-18)34-19(2)16-24(20(34)3)29-28(25-11-6-7-14-31-25)33-30(38)35(29)23-12-13-27(37-5)26(17-23)32-21(4)36/h6-17,28-29H,1-5H3,(H,32,36)(H,33,38). The molecule has 0 radical (unpaired) electrons. The van der Waals surface area contributed by atoms with Crippen LogP contribution in [0.15, 0.2) is 72.9 Å². The van der Waals surface area contributed by atoms with Gasteiger partial charge < -0.3 is 24.8 Å². The van der Waals surface area contributed by atoms with E-state index in [0.29, 0.717) is 16.5 Å². The number of thiocarbonyl (C=S) groups is 1. The van der Waals surface area contributed by atoms with E-state index in [1.165, 1.54) is 12.5 Å². The molecule has 5 rings (SSSR count). The van der Waals surface area contributed by atoms with Crippen molar-refractivity contribution < 1.29 is 9.53 Å². The van der Waals surface area contributed by atoms with Crippen molar-refractivity contribution in [3.8, 4) is 11.4 Å². The molecule has 2 atom stereocenters. The highest BCUT2D eigenvalue weighted by Gasteiger charge is 2.42. The van der Waals surface area contributed by atoms with Gasteiger partial charge >= 0.3 is 0 Å². The first-order valence-corrected chi connectivity index (χ1v) is 12.9. The molecule has 1 aliphatic heterocycles. The predicted octanol–water partition coefficient (Wildman–Crippen LogP) is 5.94. The molecule has 1 fully saturated rings. The van der Waals surface area contributed by atoms with Gasteiger partial charge in [-0.3, -0.25) is 9.78 Å². The number of carbonyl (C=O) groups excluding carboxylic acids is 1. The minimum absolute atomic E-state index is 0.174. The molecule has 3 heterocycles. The highest BCUT2D eigenvalue weighted by atomic mass is 32.1. The molecule has 2 aromatic carbocycles. The van der Waals surface area contributed by atoms with Crippen LogP contribution in [0.2, 0.25) is 0 Å². The third-order valence-corrected chi connectivity index (χ3v) is 7.23. The van der Waals surface area contributed by atoms with Crippen LogP contribution in [0.1, 0.15) is 47.2 Å². The van der Waals surface area contributed by atoms with Crippen LogP contribution in [0, 0.1) is 20.8 Å². The van der Waals surface area contributed by atoms with Crippen LogP contribution >= 0.6 is 12.2 Å². The number of aryl methyl sites for hydroxylation is 2. The minimum atomic E-state index is -0.180. The first-order chi connectivity index (χ1) is 18.3. The molecule has 1 amide bonds. The Morgan fingerprint density at radius 2 is 1.84 bits per heavy atom. The number of pyridine rings is 1. The second kappa shape index (κ2) is 10.3. The van der Waals surface area contributed by atoms with Crippen LogP contribution in [0.4, 0.5) is 11.4 Å². The first kappa shape index (κ1) is 25.5.